The van der Waals surface area contributed by atoms with Gasteiger partial charge in [-0.1, -0.05) is 0 Å². The van der Waals surface area contributed by atoms with Gasteiger partial charge in [0.2, 0.25) is 0 Å². The first-order valence-corrected chi connectivity index (χ1v) is 19.4. The van der Waals surface area contributed by atoms with E-state index in [2.05, 4.69) is 95.3 Å². The standard InChI is InChI=1S/C9H7.C8H6N.C2H7Si.2CH3.2ClH.Ti/c1-2-5-9-7-3-6-8(9)4-1;1-2-4-8-7(3-1)5-6-9-8;1-3-2;;;;;/h1-7H;1-5,9H;3H,1-2H3;2*1H3;2*1H;. The Bertz CT molecular complexity index is 928. The SMILES string of the molecule is C[SiH](C)[Ti]([CH3])([CH3])([c]1cc2ccccc2[nH]1)[CH]1C=Cc2ccccc21.Cl.Cl. The van der Waals surface area contributed by atoms with E-state index >= 15 is 0 Å². The van der Waals surface area contributed by atoms with Gasteiger partial charge in [-0.2, -0.15) is 0 Å². The van der Waals surface area contributed by atoms with Crippen LogP contribution in [0.2, 0.25) is 23.6 Å². The van der Waals surface area contributed by atoms with E-state index in [0.717, 1.165) is 0 Å². The van der Waals surface area contributed by atoms with Crippen molar-refractivity contribution in [3.8, 4) is 0 Å². The topological polar surface area (TPSA) is 15.8 Å². The largest absolute Gasteiger partial charge is 0.147 e. The minimum absolute atomic E-state index is 0. The molecule has 1 aliphatic carbocycles. The fourth-order valence-corrected chi connectivity index (χ4v) is 19.1. The molecule has 1 aliphatic rings. The number of para-hydroxylation sites is 1. The first-order valence-electron chi connectivity index (χ1n) is 8.96. The van der Waals surface area contributed by atoms with Gasteiger partial charge < -0.3 is 0 Å². The molecule has 0 radical (unpaired) electrons. The Morgan fingerprint density at radius 2 is 1.58 bits per heavy atom. The zero-order valence-corrected chi connectivity index (χ0v) is 20.2. The predicted molar refractivity (Wildman–Crippen MR) is 121 cm³/mol. The number of fused-ring (bicyclic) bond motifs is 2. The van der Waals surface area contributed by atoms with Crippen molar-refractivity contribution in [3.05, 3.63) is 71.8 Å². The molecule has 1 heterocycles. The molecule has 0 amide bonds. The average molecular weight is 441 g/mol. The van der Waals surface area contributed by atoms with Crippen molar-refractivity contribution in [3.63, 3.8) is 0 Å². The van der Waals surface area contributed by atoms with Gasteiger partial charge in [-0.05, 0) is 0 Å². The second-order valence-electron chi connectivity index (χ2n) is 8.50. The molecular weight excluding hydrogens is 413 g/mol. The summed E-state index contributed by atoms with van der Waals surface area (Å²) in [4.78, 5) is 3.85. The number of hydrogen-bond donors (Lipinski definition) is 1. The van der Waals surface area contributed by atoms with E-state index < -0.39 is 21.2 Å². The number of nitrogens with one attached hydrogen (secondary N) is 1. The number of aromatic amines is 1. The molecule has 0 aliphatic heterocycles. The predicted octanol–water partition coefficient (Wildman–Crippen LogP) is 6.17. The van der Waals surface area contributed by atoms with Crippen molar-refractivity contribution in [2.75, 3.05) is 0 Å². The summed E-state index contributed by atoms with van der Waals surface area (Å²) in [6.07, 6.45) is 4.87. The fourth-order valence-electron chi connectivity index (χ4n) is 4.36. The summed E-state index contributed by atoms with van der Waals surface area (Å²) in [6.45, 7) is 4.23. The summed E-state index contributed by atoms with van der Waals surface area (Å²) in [5, 5.41) is 6.71. The summed E-state index contributed by atoms with van der Waals surface area (Å²) in [6, 6.07) is 20.2. The van der Waals surface area contributed by atoms with Crippen LogP contribution in [0.1, 0.15) is 15.3 Å². The molecule has 139 valence electrons. The van der Waals surface area contributed by atoms with Crippen molar-refractivity contribution in [1.82, 2.24) is 4.98 Å². The third-order valence-electron chi connectivity index (χ3n) is 6.91. The van der Waals surface area contributed by atoms with Crippen molar-refractivity contribution in [2.45, 2.75) is 27.8 Å². The van der Waals surface area contributed by atoms with E-state index in [1.165, 1.54) is 16.5 Å². The van der Waals surface area contributed by atoms with Gasteiger partial charge in [-0.25, -0.2) is 0 Å². The summed E-state index contributed by atoms with van der Waals surface area (Å²) < 4.78 is 2.18. The van der Waals surface area contributed by atoms with Gasteiger partial charge in [0.05, 0.1) is 0 Å². The second-order valence-corrected chi connectivity index (χ2v) is 33.5. The summed E-state index contributed by atoms with van der Waals surface area (Å²) in [7, 11) is 0. The maximum Gasteiger partial charge on any atom is -0.147 e. The van der Waals surface area contributed by atoms with E-state index in [0.29, 0.717) is 4.22 Å². The van der Waals surface area contributed by atoms with Gasteiger partial charge in [0, 0.05) is 0 Å². The molecule has 0 fully saturated rings. The van der Waals surface area contributed by atoms with Crippen LogP contribution in [0.3, 0.4) is 0 Å². The number of rotatable bonds is 3. The summed E-state index contributed by atoms with van der Waals surface area (Å²) in [5.74, 6) is 0. The van der Waals surface area contributed by atoms with Crippen LogP contribution in [0.5, 0.6) is 0 Å². The van der Waals surface area contributed by atoms with Gasteiger partial charge in [-0.3, -0.25) is 0 Å². The van der Waals surface area contributed by atoms with E-state index in [1.807, 2.05) is 0 Å². The van der Waals surface area contributed by atoms with Crippen LogP contribution in [0.15, 0.2) is 60.7 Å². The Hall–Kier alpha value is -0.769. The fraction of sp³-hybridized carbons (Fsp3) is 0.238. The monoisotopic (exact) mass is 440 g/mol. The Morgan fingerprint density at radius 1 is 0.923 bits per heavy atom. The number of H-pyrrole nitrogens is 1. The summed E-state index contributed by atoms with van der Waals surface area (Å²) >= 11 is -2.96. The molecule has 0 saturated heterocycles. The number of aromatic nitrogens is 1. The van der Waals surface area contributed by atoms with Gasteiger partial charge in [0.15, 0.2) is 0 Å². The Balaban J connectivity index is 0.00000121. The normalized spacial score (nSPS) is 17.3. The molecule has 3 aromatic rings. The van der Waals surface area contributed by atoms with Crippen molar-refractivity contribution in [1.29, 1.82) is 0 Å². The molecule has 1 atom stereocenters. The van der Waals surface area contributed by atoms with Crippen LogP contribution >= 0.6 is 24.8 Å². The minimum atomic E-state index is -2.96. The quantitative estimate of drug-likeness (QED) is 0.468. The van der Waals surface area contributed by atoms with E-state index in [4.69, 9.17) is 0 Å². The van der Waals surface area contributed by atoms with Crippen LogP contribution in [0, 0.1) is 0 Å². The summed E-state index contributed by atoms with van der Waals surface area (Å²) in [5.41, 5.74) is 4.27. The first-order chi connectivity index (χ1) is 11.4. The Kier molecular flexibility index (Phi) is 6.07. The van der Waals surface area contributed by atoms with Gasteiger partial charge in [-0.15, -0.1) is 24.8 Å². The molecule has 2 aromatic carbocycles. The molecule has 1 N–H and O–H groups in total. The minimum Gasteiger partial charge on any atom is -0.147 e. The smallest absolute Gasteiger partial charge is 0.147 e. The van der Waals surface area contributed by atoms with Crippen molar-refractivity contribution < 1.29 is 14.6 Å². The maximum atomic E-state index is 3.85. The van der Waals surface area contributed by atoms with Gasteiger partial charge in [0.1, 0.15) is 0 Å². The van der Waals surface area contributed by atoms with Crippen molar-refractivity contribution >= 4 is 52.5 Å². The average Bonchev–Trinajstić information content (AvgIpc) is 3.19. The molecule has 4 rings (SSSR count). The van der Waals surface area contributed by atoms with Gasteiger partial charge in [0.25, 0.3) is 0 Å². The van der Waals surface area contributed by atoms with Crippen LogP contribution in [-0.2, 0) is 14.6 Å². The number of allylic oxidation sites excluding steroid dienone is 1. The van der Waals surface area contributed by atoms with E-state index in [-0.39, 0.29) is 24.8 Å². The number of benzene rings is 2. The maximum absolute atomic E-state index is 3.85. The van der Waals surface area contributed by atoms with Crippen molar-refractivity contribution in [2.24, 2.45) is 0 Å². The zero-order valence-electron chi connectivity index (χ0n) is 15.8. The van der Waals surface area contributed by atoms with Crippen LogP contribution in [-0.4, -0.2) is 11.6 Å². The Morgan fingerprint density at radius 3 is 2.27 bits per heavy atom. The Labute approximate surface area is 170 Å². The van der Waals surface area contributed by atoms with E-state index in [9.17, 15) is 0 Å². The number of halogens is 2. The number of hydrogen-bond acceptors (Lipinski definition) is 0. The molecule has 1 nitrogen and oxygen atoms in total. The van der Waals surface area contributed by atoms with Crippen LogP contribution in [0.25, 0.3) is 17.0 Å². The zero-order chi connectivity index (χ0) is 17.0. The molecule has 1 aromatic heterocycles. The molecule has 26 heavy (non-hydrogen) atoms. The van der Waals surface area contributed by atoms with E-state index in [1.54, 1.807) is 9.56 Å². The molecule has 5 heteroatoms. The molecule has 1 unspecified atom stereocenters. The third-order valence-corrected chi connectivity index (χ3v) is 36.7. The molecular formula is C21H28Cl2NSiTi. The van der Waals surface area contributed by atoms with Crippen LogP contribution < -0.4 is 4.00 Å². The van der Waals surface area contributed by atoms with Crippen LogP contribution in [0.4, 0.5) is 0 Å². The second kappa shape index (κ2) is 7.33. The first kappa shape index (κ1) is 21.5. The molecule has 0 bridgehead atoms. The molecule has 0 spiro atoms. The third kappa shape index (κ3) is 2.96. The molecule has 0 saturated carbocycles. The van der Waals surface area contributed by atoms with Gasteiger partial charge >= 0.3 is 147 Å².